The Morgan fingerprint density at radius 2 is 1.80 bits per heavy atom. The first kappa shape index (κ1) is 11.4. The molecule has 0 amide bonds. The van der Waals surface area contributed by atoms with Crippen LogP contribution in [0.3, 0.4) is 0 Å². The van der Waals surface area contributed by atoms with Crippen LogP contribution in [-0.2, 0) is 0 Å². The Labute approximate surface area is 94.2 Å². The van der Waals surface area contributed by atoms with Crippen molar-refractivity contribution < 1.29 is 0 Å². The second kappa shape index (κ2) is 4.42. The third kappa shape index (κ3) is 1.94. The van der Waals surface area contributed by atoms with E-state index in [2.05, 4.69) is 19.0 Å². The summed E-state index contributed by atoms with van der Waals surface area (Å²) >= 11 is 0. The van der Waals surface area contributed by atoms with Gasteiger partial charge >= 0.3 is 0 Å². The zero-order valence-corrected chi connectivity index (χ0v) is 10.3. The number of nitrogens with two attached hydrogens (primary N) is 1. The van der Waals surface area contributed by atoms with E-state index in [1.54, 1.807) is 0 Å². The Morgan fingerprint density at radius 1 is 1.20 bits per heavy atom. The van der Waals surface area contributed by atoms with Crippen molar-refractivity contribution in [3.63, 3.8) is 0 Å². The lowest BCUT2D eigenvalue weighted by molar-refractivity contribution is -0.00393. The predicted molar refractivity (Wildman–Crippen MR) is 64.8 cm³/mol. The molecule has 0 bridgehead atoms. The van der Waals surface area contributed by atoms with Gasteiger partial charge in [-0.1, -0.05) is 19.3 Å². The van der Waals surface area contributed by atoms with Gasteiger partial charge < -0.3 is 10.6 Å². The molecular formula is C13H26N2. The van der Waals surface area contributed by atoms with Crippen LogP contribution in [0.5, 0.6) is 0 Å². The lowest BCUT2D eigenvalue weighted by Crippen LogP contribution is -2.56. The standard InChI is InChI=1S/C13H26N2/c1-15(2)12(11-6-3-4-7-11)13(10-14)8-5-9-13/h11-12H,3-10,14H2,1-2H3. The normalized spacial score (nSPS) is 28.0. The Balaban J connectivity index is 2.10. The molecule has 0 aliphatic heterocycles. The van der Waals surface area contributed by atoms with Crippen molar-refractivity contribution >= 4 is 0 Å². The van der Waals surface area contributed by atoms with E-state index >= 15 is 0 Å². The van der Waals surface area contributed by atoms with E-state index in [1.165, 1.54) is 44.9 Å². The minimum atomic E-state index is 0.471. The second-order valence-corrected chi connectivity index (χ2v) is 5.87. The van der Waals surface area contributed by atoms with Gasteiger partial charge in [0.15, 0.2) is 0 Å². The minimum Gasteiger partial charge on any atom is -0.330 e. The molecule has 0 heterocycles. The highest BCUT2D eigenvalue weighted by Crippen LogP contribution is 2.49. The minimum absolute atomic E-state index is 0.471. The third-order valence-electron chi connectivity index (χ3n) is 4.79. The van der Waals surface area contributed by atoms with Crippen molar-refractivity contribution in [3.8, 4) is 0 Å². The van der Waals surface area contributed by atoms with Gasteiger partial charge in [0.2, 0.25) is 0 Å². The van der Waals surface area contributed by atoms with Gasteiger partial charge in [0, 0.05) is 6.04 Å². The summed E-state index contributed by atoms with van der Waals surface area (Å²) in [5.74, 6) is 0.920. The first-order valence-electron chi connectivity index (χ1n) is 6.56. The molecule has 2 fully saturated rings. The summed E-state index contributed by atoms with van der Waals surface area (Å²) in [7, 11) is 4.50. The first-order chi connectivity index (χ1) is 7.19. The monoisotopic (exact) mass is 210 g/mol. The van der Waals surface area contributed by atoms with Gasteiger partial charge in [-0.15, -0.1) is 0 Å². The van der Waals surface area contributed by atoms with Crippen molar-refractivity contribution in [2.45, 2.75) is 51.0 Å². The van der Waals surface area contributed by atoms with Gasteiger partial charge in [-0.3, -0.25) is 0 Å². The molecule has 2 rings (SSSR count). The summed E-state index contributed by atoms with van der Waals surface area (Å²) in [6.45, 7) is 0.895. The summed E-state index contributed by atoms with van der Waals surface area (Å²) < 4.78 is 0. The van der Waals surface area contributed by atoms with E-state index in [1.807, 2.05) is 0 Å². The van der Waals surface area contributed by atoms with Gasteiger partial charge in [0.1, 0.15) is 0 Å². The summed E-state index contributed by atoms with van der Waals surface area (Å²) in [5.41, 5.74) is 6.52. The largest absolute Gasteiger partial charge is 0.330 e. The molecule has 1 atom stereocenters. The van der Waals surface area contributed by atoms with E-state index in [0.717, 1.165) is 18.5 Å². The zero-order chi connectivity index (χ0) is 10.9. The first-order valence-corrected chi connectivity index (χ1v) is 6.56. The van der Waals surface area contributed by atoms with E-state index in [-0.39, 0.29) is 0 Å². The van der Waals surface area contributed by atoms with Crippen LogP contribution < -0.4 is 5.73 Å². The maximum atomic E-state index is 6.05. The smallest absolute Gasteiger partial charge is 0.0186 e. The summed E-state index contributed by atoms with van der Waals surface area (Å²) in [6, 6.07) is 0.749. The van der Waals surface area contributed by atoms with E-state index < -0.39 is 0 Å². The summed E-state index contributed by atoms with van der Waals surface area (Å²) in [4.78, 5) is 2.46. The van der Waals surface area contributed by atoms with Crippen molar-refractivity contribution in [1.29, 1.82) is 0 Å². The Hall–Kier alpha value is -0.0800. The van der Waals surface area contributed by atoms with E-state index in [4.69, 9.17) is 5.73 Å². The molecule has 0 saturated heterocycles. The number of nitrogens with zero attached hydrogens (tertiary/aromatic N) is 1. The Bertz CT molecular complexity index is 197. The Kier molecular flexibility index (Phi) is 3.36. The summed E-state index contributed by atoms with van der Waals surface area (Å²) in [5, 5.41) is 0. The van der Waals surface area contributed by atoms with Crippen LogP contribution >= 0.6 is 0 Å². The lowest BCUT2D eigenvalue weighted by Gasteiger charge is -2.52. The van der Waals surface area contributed by atoms with Crippen molar-refractivity contribution in [2.75, 3.05) is 20.6 Å². The average molecular weight is 210 g/mol. The molecule has 15 heavy (non-hydrogen) atoms. The highest BCUT2D eigenvalue weighted by Gasteiger charge is 2.47. The molecule has 0 radical (unpaired) electrons. The molecule has 0 aromatic heterocycles. The van der Waals surface area contributed by atoms with Crippen LogP contribution in [0.4, 0.5) is 0 Å². The number of rotatable bonds is 4. The highest BCUT2D eigenvalue weighted by molar-refractivity contribution is 5.01. The van der Waals surface area contributed by atoms with Crippen LogP contribution in [0.15, 0.2) is 0 Å². The number of hydrogen-bond acceptors (Lipinski definition) is 2. The van der Waals surface area contributed by atoms with Crippen LogP contribution in [-0.4, -0.2) is 31.6 Å². The molecule has 2 N–H and O–H groups in total. The highest BCUT2D eigenvalue weighted by atomic mass is 15.1. The van der Waals surface area contributed by atoms with Crippen LogP contribution in [0.25, 0.3) is 0 Å². The van der Waals surface area contributed by atoms with Crippen LogP contribution in [0.2, 0.25) is 0 Å². The molecule has 2 nitrogen and oxygen atoms in total. The Morgan fingerprint density at radius 3 is 2.13 bits per heavy atom. The van der Waals surface area contributed by atoms with E-state index in [9.17, 15) is 0 Å². The quantitative estimate of drug-likeness (QED) is 0.771. The second-order valence-electron chi connectivity index (χ2n) is 5.87. The van der Waals surface area contributed by atoms with Gasteiger partial charge in [0.05, 0.1) is 0 Å². The third-order valence-corrected chi connectivity index (χ3v) is 4.79. The molecule has 2 aliphatic rings. The lowest BCUT2D eigenvalue weighted by atomic mass is 9.60. The average Bonchev–Trinajstić information content (AvgIpc) is 2.62. The molecule has 2 heteroatoms. The fourth-order valence-electron chi connectivity index (χ4n) is 3.99. The number of hydrogen-bond donors (Lipinski definition) is 1. The topological polar surface area (TPSA) is 29.3 Å². The summed E-state index contributed by atoms with van der Waals surface area (Å²) in [6.07, 6.45) is 9.88. The van der Waals surface area contributed by atoms with Crippen molar-refractivity contribution in [3.05, 3.63) is 0 Å². The zero-order valence-electron chi connectivity index (χ0n) is 10.3. The van der Waals surface area contributed by atoms with E-state index in [0.29, 0.717) is 5.41 Å². The molecule has 1 unspecified atom stereocenters. The molecule has 88 valence electrons. The van der Waals surface area contributed by atoms with Gasteiger partial charge in [-0.05, 0) is 57.7 Å². The molecule has 2 aliphatic carbocycles. The molecule has 0 aromatic carbocycles. The molecule has 0 spiro atoms. The molecule has 2 saturated carbocycles. The van der Waals surface area contributed by atoms with Gasteiger partial charge in [-0.2, -0.15) is 0 Å². The van der Waals surface area contributed by atoms with Crippen molar-refractivity contribution in [1.82, 2.24) is 4.90 Å². The fourth-order valence-corrected chi connectivity index (χ4v) is 3.99. The maximum absolute atomic E-state index is 6.05. The molecular weight excluding hydrogens is 184 g/mol. The van der Waals surface area contributed by atoms with Crippen LogP contribution in [0.1, 0.15) is 44.9 Å². The molecule has 0 aromatic rings. The maximum Gasteiger partial charge on any atom is 0.0186 e. The SMILES string of the molecule is CN(C)C(C1CCCC1)C1(CN)CCC1. The van der Waals surface area contributed by atoms with Crippen molar-refractivity contribution in [2.24, 2.45) is 17.1 Å². The van der Waals surface area contributed by atoms with Gasteiger partial charge in [0.25, 0.3) is 0 Å². The fraction of sp³-hybridized carbons (Fsp3) is 1.00. The van der Waals surface area contributed by atoms with Crippen LogP contribution in [0, 0.1) is 11.3 Å². The van der Waals surface area contributed by atoms with Gasteiger partial charge in [-0.25, -0.2) is 0 Å². The predicted octanol–water partition coefficient (Wildman–Crippen LogP) is 2.24.